The fraction of sp³-hybridized carbons (Fsp3) is 0.824. The molecule has 0 radical (unpaired) electrons. The Balaban J connectivity index is 1.58. The van der Waals surface area contributed by atoms with Crippen LogP contribution in [0.5, 0.6) is 0 Å². The highest BCUT2D eigenvalue weighted by molar-refractivity contribution is 6.07. The molecule has 0 aromatic heterocycles. The zero-order chi connectivity index (χ0) is 16.6. The van der Waals surface area contributed by atoms with Crippen molar-refractivity contribution in [3.05, 3.63) is 0 Å². The molecule has 1 saturated carbocycles. The molecule has 2 heterocycles. The molecule has 128 valence electrons. The molecule has 6 heteroatoms. The van der Waals surface area contributed by atoms with Crippen LogP contribution in [0.3, 0.4) is 0 Å². The Labute approximate surface area is 137 Å². The topological polar surface area (TPSA) is 83.7 Å². The fourth-order valence-corrected chi connectivity index (χ4v) is 4.30. The second-order valence-electron chi connectivity index (χ2n) is 7.34. The van der Waals surface area contributed by atoms with Crippen LogP contribution < -0.4 is 5.73 Å². The van der Waals surface area contributed by atoms with Gasteiger partial charge in [-0.2, -0.15) is 0 Å². The third kappa shape index (κ3) is 3.13. The maximum Gasteiger partial charge on any atom is 0.242 e. The second-order valence-corrected chi connectivity index (χ2v) is 7.34. The van der Waals surface area contributed by atoms with Gasteiger partial charge in [-0.1, -0.05) is 12.8 Å². The van der Waals surface area contributed by atoms with Gasteiger partial charge in [0.2, 0.25) is 17.7 Å². The quantitative estimate of drug-likeness (QED) is 0.777. The van der Waals surface area contributed by atoms with Crippen LogP contribution in [-0.2, 0) is 14.4 Å². The molecule has 1 aliphatic carbocycles. The fourth-order valence-electron chi connectivity index (χ4n) is 4.30. The molecule has 3 fully saturated rings. The summed E-state index contributed by atoms with van der Waals surface area (Å²) in [5.74, 6) is -0.247. The van der Waals surface area contributed by atoms with Crippen LogP contribution in [-0.4, -0.2) is 53.2 Å². The predicted octanol–water partition coefficient (Wildman–Crippen LogP) is 0.747. The van der Waals surface area contributed by atoms with Crippen LogP contribution >= 0.6 is 0 Å². The third-order valence-corrected chi connectivity index (χ3v) is 5.86. The molecule has 0 bridgehead atoms. The summed E-state index contributed by atoms with van der Waals surface area (Å²) in [6.45, 7) is 3.28. The van der Waals surface area contributed by atoms with E-state index in [1.54, 1.807) is 4.90 Å². The van der Waals surface area contributed by atoms with E-state index in [1.165, 1.54) is 4.90 Å². The van der Waals surface area contributed by atoms with Crippen molar-refractivity contribution in [3.63, 3.8) is 0 Å². The van der Waals surface area contributed by atoms with Gasteiger partial charge in [-0.25, -0.2) is 0 Å². The molecular formula is C17H27N3O3. The molecule has 3 amide bonds. The minimum atomic E-state index is -0.173. The first-order valence-electron chi connectivity index (χ1n) is 8.87. The van der Waals surface area contributed by atoms with E-state index in [2.05, 4.69) is 0 Å². The Kier molecular flexibility index (Phi) is 4.71. The van der Waals surface area contributed by atoms with Crippen molar-refractivity contribution in [1.29, 1.82) is 0 Å². The van der Waals surface area contributed by atoms with E-state index in [0.29, 0.717) is 19.0 Å². The minimum Gasteiger partial charge on any atom is -0.341 e. The lowest BCUT2D eigenvalue weighted by Gasteiger charge is -2.34. The van der Waals surface area contributed by atoms with Gasteiger partial charge in [0.05, 0.1) is 11.8 Å². The Morgan fingerprint density at radius 3 is 2.09 bits per heavy atom. The Morgan fingerprint density at radius 1 is 1.09 bits per heavy atom. The average Bonchev–Trinajstić information content (AvgIpc) is 2.80. The maximum atomic E-state index is 12.5. The van der Waals surface area contributed by atoms with E-state index in [9.17, 15) is 14.4 Å². The standard InChI is InChI=1S/C17H27N3O3/c1-11(18)12-6-8-19(9-7-12)15(21)10-20-16(22)13-4-2-3-5-14(13)17(20)23/h11-14H,2-10,18H2,1H3. The lowest BCUT2D eigenvalue weighted by Crippen LogP contribution is -2.47. The molecule has 3 aliphatic rings. The van der Waals surface area contributed by atoms with Crippen LogP contribution in [0.4, 0.5) is 0 Å². The first-order valence-corrected chi connectivity index (χ1v) is 8.87. The van der Waals surface area contributed by atoms with Crippen LogP contribution in [0.2, 0.25) is 0 Å². The number of hydrogen-bond donors (Lipinski definition) is 1. The minimum absolute atomic E-state index is 0.0759. The molecule has 3 unspecified atom stereocenters. The number of nitrogens with two attached hydrogens (primary N) is 1. The van der Waals surface area contributed by atoms with Gasteiger partial charge >= 0.3 is 0 Å². The molecule has 6 nitrogen and oxygen atoms in total. The summed E-state index contributed by atoms with van der Waals surface area (Å²) in [7, 11) is 0. The number of fused-ring (bicyclic) bond motifs is 1. The van der Waals surface area contributed by atoms with Crippen molar-refractivity contribution in [2.24, 2.45) is 23.5 Å². The summed E-state index contributed by atoms with van der Waals surface area (Å²) in [6.07, 6.45) is 5.39. The lowest BCUT2D eigenvalue weighted by atomic mass is 9.81. The van der Waals surface area contributed by atoms with Gasteiger partial charge in [0.15, 0.2) is 0 Å². The third-order valence-electron chi connectivity index (χ3n) is 5.86. The summed E-state index contributed by atoms with van der Waals surface area (Å²) < 4.78 is 0. The SMILES string of the molecule is CC(N)C1CCN(C(=O)CN2C(=O)C3CCCCC3C2=O)CC1. The van der Waals surface area contributed by atoms with E-state index in [0.717, 1.165) is 38.5 Å². The van der Waals surface area contributed by atoms with Gasteiger partial charge in [0.25, 0.3) is 0 Å². The van der Waals surface area contributed by atoms with Crippen molar-refractivity contribution < 1.29 is 14.4 Å². The molecule has 3 atom stereocenters. The molecule has 2 aliphatic heterocycles. The molecule has 0 spiro atoms. The number of rotatable bonds is 3. The van der Waals surface area contributed by atoms with Crippen molar-refractivity contribution in [2.75, 3.05) is 19.6 Å². The summed E-state index contributed by atoms with van der Waals surface area (Å²) >= 11 is 0. The first kappa shape index (κ1) is 16.4. The van der Waals surface area contributed by atoms with Crippen molar-refractivity contribution >= 4 is 17.7 Å². The van der Waals surface area contributed by atoms with Crippen LogP contribution in [0.15, 0.2) is 0 Å². The number of carbonyl (C=O) groups excluding carboxylic acids is 3. The lowest BCUT2D eigenvalue weighted by molar-refractivity contribution is -0.147. The van der Waals surface area contributed by atoms with Gasteiger partial charge < -0.3 is 10.6 Å². The van der Waals surface area contributed by atoms with Gasteiger partial charge in [0.1, 0.15) is 6.54 Å². The molecule has 2 saturated heterocycles. The summed E-state index contributed by atoms with van der Waals surface area (Å²) in [6, 6.07) is 0.150. The monoisotopic (exact) mass is 321 g/mol. The van der Waals surface area contributed by atoms with Crippen LogP contribution in [0, 0.1) is 17.8 Å². The van der Waals surface area contributed by atoms with Crippen LogP contribution in [0.1, 0.15) is 45.4 Å². The number of carbonyl (C=O) groups is 3. The smallest absolute Gasteiger partial charge is 0.242 e. The molecular weight excluding hydrogens is 294 g/mol. The Bertz CT molecular complexity index is 473. The largest absolute Gasteiger partial charge is 0.341 e. The predicted molar refractivity (Wildman–Crippen MR) is 85.1 cm³/mol. The number of imide groups is 1. The van der Waals surface area contributed by atoms with Crippen molar-refractivity contribution in [2.45, 2.75) is 51.5 Å². The van der Waals surface area contributed by atoms with E-state index < -0.39 is 0 Å². The second kappa shape index (κ2) is 6.59. The zero-order valence-corrected chi connectivity index (χ0v) is 13.9. The molecule has 0 aromatic carbocycles. The van der Waals surface area contributed by atoms with Crippen molar-refractivity contribution in [3.8, 4) is 0 Å². The zero-order valence-electron chi connectivity index (χ0n) is 13.9. The summed E-state index contributed by atoms with van der Waals surface area (Å²) in [5.41, 5.74) is 5.92. The number of piperidine rings is 1. The van der Waals surface area contributed by atoms with E-state index in [1.807, 2.05) is 6.92 Å². The normalized spacial score (nSPS) is 30.5. The average molecular weight is 321 g/mol. The van der Waals surface area contributed by atoms with E-state index >= 15 is 0 Å². The molecule has 23 heavy (non-hydrogen) atoms. The summed E-state index contributed by atoms with van der Waals surface area (Å²) in [5, 5.41) is 0. The van der Waals surface area contributed by atoms with Gasteiger partial charge in [-0.3, -0.25) is 19.3 Å². The highest BCUT2D eigenvalue weighted by atomic mass is 16.2. The number of likely N-dealkylation sites (tertiary alicyclic amines) is 2. The highest BCUT2D eigenvalue weighted by Gasteiger charge is 2.48. The number of amides is 3. The van der Waals surface area contributed by atoms with E-state index in [-0.39, 0.29) is 42.1 Å². The summed E-state index contributed by atoms with van der Waals surface area (Å²) in [4.78, 5) is 40.3. The van der Waals surface area contributed by atoms with E-state index in [4.69, 9.17) is 5.73 Å². The van der Waals surface area contributed by atoms with Gasteiger partial charge in [-0.15, -0.1) is 0 Å². The first-order chi connectivity index (χ1) is 11.0. The maximum absolute atomic E-state index is 12.5. The highest BCUT2D eigenvalue weighted by Crippen LogP contribution is 2.38. The Morgan fingerprint density at radius 2 is 1.61 bits per heavy atom. The van der Waals surface area contributed by atoms with Crippen LogP contribution in [0.25, 0.3) is 0 Å². The van der Waals surface area contributed by atoms with Crippen molar-refractivity contribution in [1.82, 2.24) is 9.80 Å². The number of nitrogens with zero attached hydrogens (tertiary/aromatic N) is 2. The van der Waals surface area contributed by atoms with Gasteiger partial charge in [-0.05, 0) is 38.5 Å². The molecule has 2 N–H and O–H groups in total. The molecule has 0 aromatic rings. The van der Waals surface area contributed by atoms with Gasteiger partial charge in [0, 0.05) is 19.1 Å². The molecule has 3 rings (SSSR count). The number of hydrogen-bond acceptors (Lipinski definition) is 4. The Hall–Kier alpha value is -1.43.